The van der Waals surface area contributed by atoms with Crippen molar-refractivity contribution in [2.24, 2.45) is 5.41 Å². The van der Waals surface area contributed by atoms with Gasteiger partial charge in [0.15, 0.2) is 0 Å². The molecule has 0 bridgehead atoms. The second-order valence-electron chi connectivity index (χ2n) is 7.98. The molecule has 4 rings (SSSR count). The predicted octanol–water partition coefficient (Wildman–Crippen LogP) is 4.16. The van der Waals surface area contributed by atoms with Crippen molar-refractivity contribution in [1.29, 1.82) is 5.26 Å². The molecule has 29 heavy (non-hydrogen) atoms. The zero-order valence-electron chi connectivity index (χ0n) is 16.1. The first-order chi connectivity index (χ1) is 14.0. The summed E-state index contributed by atoms with van der Waals surface area (Å²) in [5, 5.41) is 9.55. The molecule has 2 aliphatic heterocycles. The van der Waals surface area contributed by atoms with E-state index >= 15 is 0 Å². The third kappa shape index (κ3) is 3.86. The highest BCUT2D eigenvalue weighted by atomic mass is 35.5. The fourth-order valence-corrected chi connectivity index (χ4v) is 4.68. The number of hydrogen-bond acceptors (Lipinski definition) is 4. The van der Waals surface area contributed by atoms with Crippen LogP contribution >= 0.6 is 11.6 Å². The molecule has 0 atom stereocenters. The van der Waals surface area contributed by atoms with E-state index in [1.54, 1.807) is 30.3 Å². The van der Waals surface area contributed by atoms with Crippen molar-refractivity contribution in [2.45, 2.75) is 19.3 Å². The van der Waals surface area contributed by atoms with E-state index in [4.69, 9.17) is 16.9 Å². The van der Waals surface area contributed by atoms with Crippen LogP contribution in [0.4, 0.5) is 5.69 Å². The molecule has 1 amide bonds. The largest absolute Gasteiger partial charge is 0.371 e. The molecule has 0 unspecified atom stereocenters. The molecule has 5 nitrogen and oxygen atoms in total. The van der Waals surface area contributed by atoms with Crippen LogP contribution in [0.3, 0.4) is 0 Å². The molecule has 2 aromatic rings. The van der Waals surface area contributed by atoms with Crippen molar-refractivity contribution < 1.29 is 9.59 Å². The van der Waals surface area contributed by atoms with Crippen LogP contribution in [0, 0.1) is 16.7 Å². The number of nitrogens with zero attached hydrogens (tertiary/aromatic N) is 3. The van der Waals surface area contributed by atoms with Crippen LogP contribution < -0.4 is 4.90 Å². The molecule has 1 spiro atoms. The minimum absolute atomic E-state index is 0.00252. The monoisotopic (exact) mass is 407 g/mol. The SMILES string of the molecule is N#Cc1ccc(N2CCC3(CCN(C(=O)c4cccc(C=O)c4)CC3)C2)cc1Cl. The van der Waals surface area contributed by atoms with Crippen LogP contribution in [0.15, 0.2) is 42.5 Å². The highest BCUT2D eigenvalue weighted by molar-refractivity contribution is 6.32. The number of amides is 1. The van der Waals surface area contributed by atoms with Crippen molar-refractivity contribution in [3.8, 4) is 6.07 Å². The maximum absolute atomic E-state index is 12.8. The Kier molecular flexibility index (Phi) is 5.29. The quantitative estimate of drug-likeness (QED) is 0.717. The summed E-state index contributed by atoms with van der Waals surface area (Å²) in [6.07, 6.45) is 3.79. The summed E-state index contributed by atoms with van der Waals surface area (Å²) in [5.74, 6) is -0.00252. The lowest BCUT2D eigenvalue weighted by Gasteiger charge is -2.39. The van der Waals surface area contributed by atoms with Gasteiger partial charge in [0.25, 0.3) is 5.91 Å². The number of carbonyl (C=O) groups is 2. The first-order valence-electron chi connectivity index (χ1n) is 9.83. The molecule has 2 fully saturated rings. The Morgan fingerprint density at radius 1 is 1.10 bits per heavy atom. The Hall–Kier alpha value is -2.84. The maximum atomic E-state index is 12.8. The average Bonchev–Trinajstić information content (AvgIpc) is 3.17. The molecule has 0 saturated carbocycles. The van der Waals surface area contributed by atoms with Crippen LogP contribution in [-0.4, -0.2) is 43.3 Å². The zero-order valence-corrected chi connectivity index (χ0v) is 16.9. The number of carbonyl (C=O) groups excluding carboxylic acids is 2. The number of benzene rings is 2. The van der Waals surface area contributed by atoms with Gasteiger partial charge in [-0.1, -0.05) is 23.7 Å². The summed E-state index contributed by atoms with van der Waals surface area (Å²) >= 11 is 6.20. The van der Waals surface area contributed by atoms with Gasteiger partial charge in [0.2, 0.25) is 0 Å². The third-order valence-corrected chi connectivity index (χ3v) is 6.57. The van der Waals surface area contributed by atoms with E-state index in [-0.39, 0.29) is 11.3 Å². The number of anilines is 1. The van der Waals surface area contributed by atoms with Crippen molar-refractivity contribution in [2.75, 3.05) is 31.1 Å². The van der Waals surface area contributed by atoms with E-state index in [0.717, 1.165) is 57.4 Å². The fraction of sp³-hybridized carbons (Fsp3) is 0.348. The number of nitriles is 1. The van der Waals surface area contributed by atoms with Gasteiger partial charge in [-0.3, -0.25) is 9.59 Å². The molecule has 0 radical (unpaired) electrons. The van der Waals surface area contributed by atoms with Crippen LogP contribution in [-0.2, 0) is 0 Å². The summed E-state index contributed by atoms with van der Waals surface area (Å²) < 4.78 is 0. The zero-order chi connectivity index (χ0) is 20.4. The second kappa shape index (κ2) is 7.88. The topological polar surface area (TPSA) is 64.4 Å². The molecule has 2 heterocycles. The average molecular weight is 408 g/mol. The van der Waals surface area contributed by atoms with E-state index in [2.05, 4.69) is 11.0 Å². The molecule has 6 heteroatoms. The predicted molar refractivity (Wildman–Crippen MR) is 112 cm³/mol. The fourth-order valence-electron chi connectivity index (χ4n) is 4.47. The standard InChI is InChI=1S/C23H22ClN3O2/c24-21-13-20(5-4-19(21)14-25)27-11-8-23(16-27)6-9-26(10-7-23)22(29)18-3-1-2-17(12-18)15-28/h1-5,12-13,15H,6-11,16H2. The van der Waals surface area contributed by atoms with Crippen molar-refractivity contribution >= 4 is 29.5 Å². The van der Waals surface area contributed by atoms with Gasteiger partial charge in [-0.05, 0) is 55.0 Å². The van der Waals surface area contributed by atoms with Crippen molar-refractivity contribution in [1.82, 2.24) is 4.90 Å². The number of rotatable bonds is 3. The lowest BCUT2D eigenvalue weighted by Crippen LogP contribution is -2.44. The van der Waals surface area contributed by atoms with Crippen LogP contribution in [0.5, 0.6) is 0 Å². The molecular formula is C23H22ClN3O2. The Morgan fingerprint density at radius 3 is 2.55 bits per heavy atom. The molecule has 2 aliphatic rings. The van der Waals surface area contributed by atoms with Gasteiger partial charge in [-0.25, -0.2) is 0 Å². The summed E-state index contributed by atoms with van der Waals surface area (Å²) in [7, 11) is 0. The maximum Gasteiger partial charge on any atom is 0.253 e. The van der Waals surface area contributed by atoms with E-state index < -0.39 is 0 Å². The van der Waals surface area contributed by atoms with Crippen LogP contribution in [0.2, 0.25) is 5.02 Å². The van der Waals surface area contributed by atoms with Crippen LogP contribution in [0.1, 0.15) is 45.5 Å². The van der Waals surface area contributed by atoms with Gasteiger partial charge in [0.05, 0.1) is 10.6 Å². The van der Waals surface area contributed by atoms with Crippen molar-refractivity contribution in [3.63, 3.8) is 0 Å². The Balaban J connectivity index is 1.40. The van der Waals surface area contributed by atoms with E-state index in [0.29, 0.717) is 21.7 Å². The molecule has 2 aromatic carbocycles. The molecule has 0 aromatic heterocycles. The minimum Gasteiger partial charge on any atom is -0.371 e. The smallest absolute Gasteiger partial charge is 0.253 e. The summed E-state index contributed by atoms with van der Waals surface area (Å²) in [4.78, 5) is 28.0. The lowest BCUT2D eigenvalue weighted by atomic mass is 9.77. The Morgan fingerprint density at radius 2 is 1.86 bits per heavy atom. The number of halogens is 1. The molecule has 0 N–H and O–H groups in total. The summed E-state index contributed by atoms with van der Waals surface area (Å²) in [5.41, 5.74) is 2.86. The van der Waals surface area contributed by atoms with Crippen molar-refractivity contribution in [3.05, 3.63) is 64.2 Å². The molecule has 0 aliphatic carbocycles. The van der Waals surface area contributed by atoms with Gasteiger partial charge in [0.1, 0.15) is 12.4 Å². The summed E-state index contributed by atoms with van der Waals surface area (Å²) in [6.45, 7) is 3.35. The highest BCUT2D eigenvalue weighted by Gasteiger charge is 2.41. The Labute approximate surface area is 175 Å². The van der Waals surface area contributed by atoms with E-state index in [1.165, 1.54) is 0 Å². The van der Waals surface area contributed by atoms with Gasteiger partial charge in [-0.15, -0.1) is 0 Å². The van der Waals surface area contributed by atoms with E-state index in [9.17, 15) is 9.59 Å². The van der Waals surface area contributed by atoms with Gasteiger partial charge >= 0.3 is 0 Å². The van der Waals surface area contributed by atoms with Gasteiger partial charge in [-0.2, -0.15) is 5.26 Å². The van der Waals surface area contributed by atoms with Gasteiger partial charge < -0.3 is 9.80 Å². The minimum atomic E-state index is -0.00252. The third-order valence-electron chi connectivity index (χ3n) is 6.26. The molecular weight excluding hydrogens is 386 g/mol. The second-order valence-corrected chi connectivity index (χ2v) is 8.39. The van der Waals surface area contributed by atoms with Crippen LogP contribution in [0.25, 0.3) is 0 Å². The first-order valence-corrected chi connectivity index (χ1v) is 10.2. The molecule has 2 saturated heterocycles. The Bertz CT molecular complexity index is 990. The lowest BCUT2D eigenvalue weighted by molar-refractivity contribution is 0.0610. The number of aldehydes is 1. The highest BCUT2D eigenvalue weighted by Crippen LogP contribution is 2.42. The normalized spacial score (nSPS) is 17.9. The number of piperidine rings is 1. The summed E-state index contributed by atoms with van der Waals surface area (Å²) in [6, 6.07) is 14.6. The number of likely N-dealkylation sites (tertiary alicyclic amines) is 1. The van der Waals surface area contributed by atoms with E-state index in [1.807, 2.05) is 17.0 Å². The molecule has 148 valence electrons. The van der Waals surface area contributed by atoms with Gasteiger partial charge in [0, 0.05) is 43.0 Å². The number of hydrogen-bond donors (Lipinski definition) is 0. The first kappa shape index (κ1) is 19.5.